The van der Waals surface area contributed by atoms with E-state index in [2.05, 4.69) is 20.8 Å². The first kappa shape index (κ1) is 12.2. The standard InChI is InChI=1S/C13H16N4O/c1-10(11-7-15-16-8-11)17-13(18)9-14-12-5-3-2-4-6-12/h2-8,10,14H,9H2,1H3,(H,15,16)(H,17,18). The monoisotopic (exact) mass is 244 g/mol. The maximum Gasteiger partial charge on any atom is 0.239 e. The molecule has 5 nitrogen and oxygen atoms in total. The highest BCUT2D eigenvalue weighted by atomic mass is 16.1. The minimum atomic E-state index is -0.0486. The molecule has 1 aromatic carbocycles. The van der Waals surface area contributed by atoms with Crippen molar-refractivity contribution in [3.63, 3.8) is 0 Å². The van der Waals surface area contributed by atoms with Crippen molar-refractivity contribution >= 4 is 11.6 Å². The van der Waals surface area contributed by atoms with Crippen molar-refractivity contribution in [2.45, 2.75) is 13.0 Å². The van der Waals surface area contributed by atoms with Crippen LogP contribution < -0.4 is 10.6 Å². The van der Waals surface area contributed by atoms with E-state index in [-0.39, 0.29) is 18.5 Å². The molecule has 0 aliphatic heterocycles. The van der Waals surface area contributed by atoms with Gasteiger partial charge in [-0.1, -0.05) is 18.2 Å². The molecule has 0 saturated heterocycles. The Morgan fingerprint density at radius 1 is 1.39 bits per heavy atom. The predicted octanol–water partition coefficient (Wildman–Crippen LogP) is 1.70. The molecule has 0 aliphatic carbocycles. The number of aromatic nitrogens is 2. The third-order valence-electron chi connectivity index (χ3n) is 2.62. The van der Waals surface area contributed by atoms with Crippen molar-refractivity contribution in [2.75, 3.05) is 11.9 Å². The van der Waals surface area contributed by atoms with Crippen LogP contribution in [0.15, 0.2) is 42.7 Å². The Hall–Kier alpha value is -2.30. The van der Waals surface area contributed by atoms with Gasteiger partial charge in [-0.15, -0.1) is 0 Å². The van der Waals surface area contributed by atoms with Crippen LogP contribution in [0.5, 0.6) is 0 Å². The van der Waals surface area contributed by atoms with Crippen LogP contribution in [0, 0.1) is 0 Å². The summed E-state index contributed by atoms with van der Waals surface area (Å²) in [6, 6.07) is 9.59. The lowest BCUT2D eigenvalue weighted by atomic mass is 10.2. The summed E-state index contributed by atoms with van der Waals surface area (Å²) < 4.78 is 0. The van der Waals surface area contributed by atoms with Crippen molar-refractivity contribution in [3.8, 4) is 0 Å². The quantitative estimate of drug-likeness (QED) is 0.749. The average molecular weight is 244 g/mol. The Kier molecular flexibility index (Phi) is 3.96. The zero-order valence-electron chi connectivity index (χ0n) is 10.2. The van der Waals surface area contributed by atoms with Gasteiger partial charge in [-0.2, -0.15) is 5.10 Å². The first-order chi connectivity index (χ1) is 8.75. The number of nitrogens with one attached hydrogen (secondary N) is 3. The van der Waals surface area contributed by atoms with Crippen LogP contribution in [0.3, 0.4) is 0 Å². The number of para-hydroxylation sites is 1. The third-order valence-corrected chi connectivity index (χ3v) is 2.62. The van der Waals surface area contributed by atoms with Gasteiger partial charge in [0.1, 0.15) is 0 Å². The number of hydrogen-bond donors (Lipinski definition) is 3. The molecule has 1 atom stereocenters. The third kappa shape index (κ3) is 3.35. The van der Waals surface area contributed by atoms with Crippen LogP contribution in [0.25, 0.3) is 0 Å². The van der Waals surface area contributed by atoms with Crippen molar-refractivity contribution in [3.05, 3.63) is 48.3 Å². The fourth-order valence-corrected chi connectivity index (χ4v) is 1.61. The second-order valence-corrected chi connectivity index (χ2v) is 4.04. The van der Waals surface area contributed by atoms with Gasteiger partial charge in [0.15, 0.2) is 0 Å². The van der Waals surface area contributed by atoms with Crippen LogP contribution in [0.2, 0.25) is 0 Å². The summed E-state index contributed by atoms with van der Waals surface area (Å²) in [6.45, 7) is 2.18. The zero-order valence-corrected chi connectivity index (χ0v) is 10.2. The molecule has 94 valence electrons. The largest absolute Gasteiger partial charge is 0.376 e. The molecule has 1 amide bonds. The molecule has 1 aromatic heterocycles. The maximum atomic E-state index is 11.7. The highest BCUT2D eigenvalue weighted by Crippen LogP contribution is 2.09. The molecule has 0 bridgehead atoms. The Balaban J connectivity index is 1.79. The minimum Gasteiger partial charge on any atom is -0.376 e. The number of anilines is 1. The summed E-state index contributed by atoms with van der Waals surface area (Å²) in [5.74, 6) is -0.0486. The SMILES string of the molecule is CC(NC(=O)CNc1ccccc1)c1cn[nH]c1. The molecule has 0 spiro atoms. The normalized spacial score (nSPS) is 11.8. The first-order valence-electron chi connectivity index (χ1n) is 5.82. The number of benzene rings is 1. The van der Waals surface area contributed by atoms with Gasteiger partial charge in [-0.3, -0.25) is 9.89 Å². The summed E-state index contributed by atoms with van der Waals surface area (Å²) in [5.41, 5.74) is 1.90. The molecule has 18 heavy (non-hydrogen) atoms. The van der Waals surface area contributed by atoms with Gasteiger partial charge in [0.25, 0.3) is 0 Å². The summed E-state index contributed by atoms with van der Waals surface area (Å²) in [5, 5.41) is 12.5. The molecule has 0 aliphatic rings. The molecule has 0 fully saturated rings. The predicted molar refractivity (Wildman–Crippen MR) is 70.1 cm³/mol. The highest BCUT2D eigenvalue weighted by molar-refractivity contribution is 5.81. The van der Waals surface area contributed by atoms with E-state index in [9.17, 15) is 4.79 Å². The average Bonchev–Trinajstić information content (AvgIpc) is 2.91. The molecule has 2 aromatic rings. The van der Waals surface area contributed by atoms with E-state index >= 15 is 0 Å². The molecular formula is C13H16N4O. The number of H-pyrrole nitrogens is 1. The Bertz CT molecular complexity index is 481. The highest BCUT2D eigenvalue weighted by Gasteiger charge is 2.09. The topological polar surface area (TPSA) is 69.8 Å². The van der Waals surface area contributed by atoms with Gasteiger partial charge >= 0.3 is 0 Å². The van der Waals surface area contributed by atoms with E-state index < -0.39 is 0 Å². The second kappa shape index (κ2) is 5.86. The van der Waals surface area contributed by atoms with Gasteiger partial charge in [0.2, 0.25) is 5.91 Å². The fourth-order valence-electron chi connectivity index (χ4n) is 1.61. The van der Waals surface area contributed by atoms with E-state index in [0.717, 1.165) is 11.3 Å². The van der Waals surface area contributed by atoms with E-state index in [1.807, 2.05) is 37.3 Å². The van der Waals surface area contributed by atoms with E-state index in [0.29, 0.717) is 0 Å². The van der Waals surface area contributed by atoms with Crippen molar-refractivity contribution in [1.29, 1.82) is 0 Å². The molecule has 1 unspecified atom stereocenters. The van der Waals surface area contributed by atoms with Gasteiger partial charge in [-0.05, 0) is 19.1 Å². The van der Waals surface area contributed by atoms with Crippen LogP contribution >= 0.6 is 0 Å². The molecule has 5 heteroatoms. The number of carbonyl (C=O) groups is 1. The summed E-state index contributed by atoms with van der Waals surface area (Å²) in [7, 11) is 0. The number of amides is 1. The van der Waals surface area contributed by atoms with Crippen molar-refractivity contribution in [1.82, 2.24) is 15.5 Å². The maximum absolute atomic E-state index is 11.7. The lowest BCUT2D eigenvalue weighted by Crippen LogP contribution is -2.31. The summed E-state index contributed by atoms with van der Waals surface area (Å²) in [6.07, 6.45) is 3.48. The lowest BCUT2D eigenvalue weighted by Gasteiger charge is -2.12. The molecule has 3 N–H and O–H groups in total. The van der Waals surface area contributed by atoms with Gasteiger partial charge in [0.05, 0.1) is 18.8 Å². The molecule has 2 rings (SSSR count). The van der Waals surface area contributed by atoms with Crippen molar-refractivity contribution < 1.29 is 4.79 Å². The van der Waals surface area contributed by atoms with Crippen LogP contribution in [0.1, 0.15) is 18.5 Å². The number of rotatable bonds is 5. The summed E-state index contributed by atoms with van der Waals surface area (Å²) in [4.78, 5) is 11.7. The second-order valence-electron chi connectivity index (χ2n) is 4.04. The van der Waals surface area contributed by atoms with E-state index in [4.69, 9.17) is 0 Å². The Labute approximate surface area is 106 Å². The van der Waals surface area contributed by atoms with E-state index in [1.54, 1.807) is 12.4 Å². The Morgan fingerprint density at radius 3 is 2.83 bits per heavy atom. The van der Waals surface area contributed by atoms with Gasteiger partial charge in [0, 0.05) is 17.4 Å². The van der Waals surface area contributed by atoms with E-state index in [1.165, 1.54) is 0 Å². The number of hydrogen-bond acceptors (Lipinski definition) is 3. The Morgan fingerprint density at radius 2 is 2.17 bits per heavy atom. The van der Waals surface area contributed by atoms with Crippen molar-refractivity contribution in [2.24, 2.45) is 0 Å². The first-order valence-corrected chi connectivity index (χ1v) is 5.82. The smallest absolute Gasteiger partial charge is 0.239 e. The van der Waals surface area contributed by atoms with Gasteiger partial charge in [-0.25, -0.2) is 0 Å². The summed E-state index contributed by atoms with van der Waals surface area (Å²) >= 11 is 0. The fraction of sp³-hybridized carbons (Fsp3) is 0.231. The van der Waals surface area contributed by atoms with Crippen LogP contribution in [0.4, 0.5) is 5.69 Å². The number of nitrogens with zero attached hydrogens (tertiary/aromatic N) is 1. The molecule has 0 saturated carbocycles. The van der Waals surface area contributed by atoms with Crippen LogP contribution in [-0.4, -0.2) is 22.6 Å². The lowest BCUT2D eigenvalue weighted by molar-refractivity contribution is -0.120. The number of aromatic amines is 1. The molecule has 1 heterocycles. The molecular weight excluding hydrogens is 228 g/mol. The minimum absolute atomic E-state index is 0.0474. The number of carbonyl (C=O) groups excluding carboxylic acids is 1. The molecule has 0 radical (unpaired) electrons. The van der Waals surface area contributed by atoms with Gasteiger partial charge < -0.3 is 10.6 Å². The van der Waals surface area contributed by atoms with Crippen LogP contribution in [-0.2, 0) is 4.79 Å². The zero-order chi connectivity index (χ0) is 12.8.